The van der Waals surface area contributed by atoms with Gasteiger partial charge in [0.15, 0.2) is 11.5 Å². The number of fused-ring (bicyclic) bond motifs is 1. The van der Waals surface area contributed by atoms with Crippen molar-refractivity contribution >= 4 is 23.8 Å². The fourth-order valence-electron chi connectivity index (χ4n) is 3.86. The summed E-state index contributed by atoms with van der Waals surface area (Å²) in [6.07, 6.45) is -0.785. The number of anilines is 1. The van der Waals surface area contributed by atoms with Gasteiger partial charge in [-0.2, -0.15) is 0 Å². The standard InChI is InChI=1S/C22H29N3O7/c1-22(2,3)32-20(27)24-7-6-14(12-24)19(26)23-11-16-13-25(21(28)31-16)15-4-5-17-18(10-15)30-9-8-29-17/h4-5,10,14,16H,6-9,11-13H2,1-3H3,(H,23,26)/t14?,16-/m1/s1. The summed E-state index contributed by atoms with van der Waals surface area (Å²) >= 11 is 0. The molecule has 10 heteroatoms. The van der Waals surface area contributed by atoms with Crippen molar-refractivity contribution in [3.8, 4) is 11.5 Å². The maximum Gasteiger partial charge on any atom is 0.414 e. The fraction of sp³-hybridized carbons (Fsp3) is 0.591. The Labute approximate surface area is 186 Å². The Morgan fingerprint density at radius 1 is 1.16 bits per heavy atom. The summed E-state index contributed by atoms with van der Waals surface area (Å²) in [7, 11) is 0. The number of carbonyl (C=O) groups is 3. The largest absolute Gasteiger partial charge is 0.486 e. The smallest absolute Gasteiger partial charge is 0.414 e. The second kappa shape index (κ2) is 8.76. The first-order valence-electron chi connectivity index (χ1n) is 10.8. The van der Waals surface area contributed by atoms with E-state index in [0.29, 0.717) is 56.5 Å². The zero-order valence-electron chi connectivity index (χ0n) is 18.6. The molecule has 3 amide bonds. The number of ether oxygens (including phenoxy) is 4. The van der Waals surface area contributed by atoms with Crippen LogP contribution in [0.5, 0.6) is 11.5 Å². The number of amides is 3. The molecule has 0 saturated carbocycles. The highest BCUT2D eigenvalue weighted by Crippen LogP contribution is 2.35. The Morgan fingerprint density at radius 3 is 2.66 bits per heavy atom. The SMILES string of the molecule is CC(C)(C)OC(=O)N1CCC(C(=O)NC[C@@H]2CN(c3ccc4c(c3)OCCO4)C(=O)O2)C1. The molecule has 32 heavy (non-hydrogen) atoms. The van der Waals surface area contributed by atoms with Crippen LogP contribution >= 0.6 is 0 Å². The Kier molecular flexibility index (Phi) is 6.03. The highest BCUT2D eigenvalue weighted by molar-refractivity contribution is 5.90. The first-order chi connectivity index (χ1) is 15.2. The lowest BCUT2D eigenvalue weighted by Gasteiger charge is -2.24. The maximum atomic E-state index is 12.6. The molecule has 2 saturated heterocycles. The molecule has 0 spiro atoms. The minimum atomic E-state index is -0.577. The molecule has 4 rings (SSSR count). The van der Waals surface area contributed by atoms with Crippen LogP contribution in [0.2, 0.25) is 0 Å². The normalized spacial score (nSPS) is 22.5. The van der Waals surface area contributed by atoms with Gasteiger partial charge in [-0.05, 0) is 39.3 Å². The third-order valence-corrected chi connectivity index (χ3v) is 5.43. The van der Waals surface area contributed by atoms with Gasteiger partial charge >= 0.3 is 12.2 Å². The van der Waals surface area contributed by atoms with E-state index in [1.165, 1.54) is 4.90 Å². The van der Waals surface area contributed by atoms with Gasteiger partial charge in [-0.1, -0.05) is 0 Å². The molecule has 3 heterocycles. The van der Waals surface area contributed by atoms with Gasteiger partial charge in [0, 0.05) is 19.2 Å². The van der Waals surface area contributed by atoms with Crippen molar-refractivity contribution in [2.24, 2.45) is 5.92 Å². The van der Waals surface area contributed by atoms with Crippen LogP contribution in [0, 0.1) is 5.92 Å². The van der Waals surface area contributed by atoms with Crippen molar-refractivity contribution < 1.29 is 33.3 Å². The molecule has 0 radical (unpaired) electrons. The molecule has 1 N–H and O–H groups in total. The summed E-state index contributed by atoms with van der Waals surface area (Å²) in [5.74, 6) is 0.765. The van der Waals surface area contributed by atoms with Crippen molar-refractivity contribution in [2.45, 2.75) is 38.9 Å². The van der Waals surface area contributed by atoms with E-state index in [2.05, 4.69) is 5.32 Å². The Bertz CT molecular complexity index is 898. The van der Waals surface area contributed by atoms with Crippen molar-refractivity contribution in [2.75, 3.05) is 44.3 Å². The Morgan fingerprint density at radius 2 is 1.91 bits per heavy atom. The molecule has 3 aliphatic rings. The molecule has 3 aliphatic heterocycles. The number of hydrogen-bond acceptors (Lipinski definition) is 7. The number of nitrogens with one attached hydrogen (secondary N) is 1. The molecule has 2 atom stereocenters. The minimum Gasteiger partial charge on any atom is -0.486 e. The van der Waals surface area contributed by atoms with Gasteiger partial charge in [-0.25, -0.2) is 9.59 Å². The monoisotopic (exact) mass is 447 g/mol. The molecule has 0 aliphatic carbocycles. The van der Waals surface area contributed by atoms with Gasteiger partial charge in [0.25, 0.3) is 0 Å². The Balaban J connectivity index is 1.26. The second-order valence-electron chi connectivity index (χ2n) is 9.10. The number of benzene rings is 1. The van der Waals surface area contributed by atoms with Crippen LogP contribution < -0.4 is 19.7 Å². The van der Waals surface area contributed by atoms with Gasteiger partial charge in [-0.15, -0.1) is 0 Å². The lowest BCUT2D eigenvalue weighted by atomic mass is 10.1. The zero-order chi connectivity index (χ0) is 22.9. The van der Waals surface area contributed by atoms with Gasteiger partial charge < -0.3 is 29.2 Å². The van der Waals surface area contributed by atoms with Crippen molar-refractivity contribution in [1.82, 2.24) is 10.2 Å². The van der Waals surface area contributed by atoms with E-state index < -0.39 is 23.9 Å². The first-order valence-corrected chi connectivity index (χ1v) is 10.8. The summed E-state index contributed by atoms with van der Waals surface area (Å²) in [5, 5.41) is 2.85. The molecule has 1 aromatic carbocycles. The molecular weight excluding hydrogens is 418 g/mol. The van der Waals surface area contributed by atoms with Crippen LogP contribution in [0.4, 0.5) is 15.3 Å². The van der Waals surface area contributed by atoms with Crippen LogP contribution in [0.3, 0.4) is 0 Å². The summed E-state index contributed by atoms with van der Waals surface area (Å²) < 4.78 is 21.9. The highest BCUT2D eigenvalue weighted by atomic mass is 16.6. The summed E-state index contributed by atoms with van der Waals surface area (Å²) in [5.41, 5.74) is 0.0733. The fourth-order valence-corrected chi connectivity index (χ4v) is 3.86. The third kappa shape index (κ3) is 5.00. The zero-order valence-corrected chi connectivity index (χ0v) is 18.6. The van der Waals surface area contributed by atoms with Crippen molar-refractivity contribution in [1.29, 1.82) is 0 Å². The minimum absolute atomic E-state index is 0.162. The summed E-state index contributed by atoms with van der Waals surface area (Å²) in [6, 6.07) is 5.29. The molecule has 1 unspecified atom stereocenters. The molecule has 174 valence electrons. The number of carbonyl (C=O) groups excluding carboxylic acids is 3. The van der Waals surface area contributed by atoms with Gasteiger partial charge in [0.2, 0.25) is 5.91 Å². The van der Waals surface area contributed by atoms with Crippen LogP contribution in [0.25, 0.3) is 0 Å². The van der Waals surface area contributed by atoms with E-state index >= 15 is 0 Å². The quantitative estimate of drug-likeness (QED) is 0.754. The average molecular weight is 447 g/mol. The highest BCUT2D eigenvalue weighted by Gasteiger charge is 2.36. The predicted molar refractivity (Wildman–Crippen MR) is 114 cm³/mol. The Hall–Kier alpha value is -3.17. The van der Waals surface area contributed by atoms with Gasteiger partial charge in [-0.3, -0.25) is 9.69 Å². The first kappa shape index (κ1) is 22.0. The topological polar surface area (TPSA) is 107 Å². The number of nitrogens with zero attached hydrogens (tertiary/aromatic N) is 2. The van der Waals surface area contributed by atoms with Gasteiger partial charge in [0.05, 0.1) is 24.7 Å². The molecule has 0 bridgehead atoms. The van der Waals surface area contributed by atoms with E-state index in [1.54, 1.807) is 23.1 Å². The van der Waals surface area contributed by atoms with E-state index in [4.69, 9.17) is 18.9 Å². The maximum absolute atomic E-state index is 12.6. The molecular formula is C22H29N3O7. The van der Waals surface area contributed by atoms with Crippen LogP contribution in [0.15, 0.2) is 18.2 Å². The molecule has 2 fully saturated rings. The van der Waals surface area contributed by atoms with Crippen molar-refractivity contribution in [3.05, 3.63) is 18.2 Å². The van der Waals surface area contributed by atoms with E-state index in [9.17, 15) is 14.4 Å². The lowest BCUT2D eigenvalue weighted by Crippen LogP contribution is -2.40. The summed E-state index contributed by atoms with van der Waals surface area (Å²) in [4.78, 5) is 40.2. The van der Waals surface area contributed by atoms with Crippen LogP contribution in [-0.4, -0.2) is 74.1 Å². The molecule has 1 aromatic rings. The van der Waals surface area contributed by atoms with E-state index in [-0.39, 0.29) is 18.4 Å². The third-order valence-electron chi connectivity index (χ3n) is 5.43. The number of rotatable bonds is 4. The average Bonchev–Trinajstić information content (AvgIpc) is 3.38. The van der Waals surface area contributed by atoms with Crippen molar-refractivity contribution in [3.63, 3.8) is 0 Å². The van der Waals surface area contributed by atoms with Gasteiger partial charge in [0.1, 0.15) is 24.9 Å². The van der Waals surface area contributed by atoms with E-state index in [1.807, 2.05) is 20.8 Å². The number of likely N-dealkylation sites (tertiary alicyclic amines) is 1. The summed E-state index contributed by atoms with van der Waals surface area (Å²) in [6.45, 7) is 7.69. The van der Waals surface area contributed by atoms with E-state index in [0.717, 1.165) is 0 Å². The van der Waals surface area contributed by atoms with Crippen LogP contribution in [0.1, 0.15) is 27.2 Å². The number of hydrogen-bond donors (Lipinski definition) is 1. The molecule has 10 nitrogen and oxygen atoms in total. The van der Waals surface area contributed by atoms with Crippen LogP contribution in [-0.2, 0) is 14.3 Å². The lowest BCUT2D eigenvalue weighted by molar-refractivity contribution is -0.124. The predicted octanol–water partition coefficient (Wildman–Crippen LogP) is 2.16. The number of cyclic esters (lactones) is 1. The second-order valence-corrected chi connectivity index (χ2v) is 9.10. The molecule has 0 aromatic heterocycles.